The minimum absolute atomic E-state index is 0.0674. The molecule has 0 aliphatic heterocycles. The molecule has 1 aromatic carbocycles. The third-order valence-corrected chi connectivity index (χ3v) is 3.89. The standard InChI is InChI=1S/C16H26N4OS/c1-17-15(21)14-8-6-13(7-9-14)12-20-16(18-2)19-10-4-5-11-22-3/h6-9H,4-5,10-12H2,1-3H3,(H,17,21)(H2,18,19,20). The molecule has 0 saturated carbocycles. The van der Waals surface area contributed by atoms with E-state index < -0.39 is 0 Å². The number of carbonyl (C=O) groups is 1. The van der Waals surface area contributed by atoms with Gasteiger partial charge < -0.3 is 16.0 Å². The highest BCUT2D eigenvalue weighted by Crippen LogP contribution is 2.04. The van der Waals surface area contributed by atoms with E-state index in [1.165, 1.54) is 12.2 Å². The maximum absolute atomic E-state index is 11.5. The number of aliphatic imine (C=N–C) groups is 1. The van der Waals surface area contributed by atoms with Crippen LogP contribution in [-0.4, -0.2) is 44.5 Å². The first-order chi connectivity index (χ1) is 10.7. The van der Waals surface area contributed by atoms with E-state index in [4.69, 9.17) is 0 Å². The van der Waals surface area contributed by atoms with Crippen LogP contribution >= 0.6 is 11.8 Å². The van der Waals surface area contributed by atoms with Crippen LogP contribution in [0.5, 0.6) is 0 Å². The van der Waals surface area contributed by atoms with Crippen molar-refractivity contribution in [3.8, 4) is 0 Å². The van der Waals surface area contributed by atoms with E-state index in [1.54, 1.807) is 14.1 Å². The summed E-state index contributed by atoms with van der Waals surface area (Å²) >= 11 is 1.88. The first kappa shape index (κ1) is 18.4. The summed E-state index contributed by atoms with van der Waals surface area (Å²) in [5, 5.41) is 9.19. The second kappa shape index (κ2) is 11.0. The lowest BCUT2D eigenvalue weighted by Crippen LogP contribution is -2.37. The van der Waals surface area contributed by atoms with E-state index in [9.17, 15) is 4.79 Å². The largest absolute Gasteiger partial charge is 0.356 e. The van der Waals surface area contributed by atoms with Crippen molar-refractivity contribution in [2.45, 2.75) is 19.4 Å². The molecule has 1 aromatic rings. The second-order valence-corrected chi connectivity index (χ2v) is 5.81. The van der Waals surface area contributed by atoms with Gasteiger partial charge in [0.2, 0.25) is 0 Å². The molecule has 0 spiro atoms. The van der Waals surface area contributed by atoms with Gasteiger partial charge in [-0.05, 0) is 42.5 Å². The summed E-state index contributed by atoms with van der Waals surface area (Å²) in [7, 11) is 3.40. The maximum atomic E-state index is 11.5. The first-order valence-electron chi connectivity index (χ1n) is 7.45. The normalized spacial score (nSPS) is 11.1. The second-order valence-electron chi connectivity index (χ2n) is 4.83. The van der Waals surface area contributed by atoms with Crippen LogP contribution in [0.25, 0.3) is 0 Å². The monoisotopic (exact) mass is 322 g/mol. The van der Waals surface area contributed by atoms with Crippen molar-refractivity contribution < 1.29 is 4.79 Å². The van der Waals surface area contributed by atoms with Crippen LogP contribution < -0.4 is 16.0 Å². The Morgan fingerprint density at radius 2 is 1.91 bits per heavy atom. The van der Waals surface area contributed by atoms with Crippen molar-refractivity contribution in [3.05, 3.63) is 35.4 Å². The van der Waals surface area contributed by atoms with E-state index in [0.717, 1.165) is 24.5 Å². The van der Waals surface area contributed by atoms with Crippen LogP contribution in [0.4, 0.5) is 0 Å². The quantitative estimate of drug-likeness (QED) is 0.388. The van der Waals surface area contributed by atoms with E-state index in [-0.39, 0.29) is 5.91 Å². The molecular weight excluding hydrogens is 296 g/mol. The molecule has 0 atom stereocenters. The van der Waals surface area contributed by atoms with E-state index in [0.29, 0.717) is 12.1 Å². The predicted molar refractivity (Wildman–Crippen MR) is 95.6 cm³/mol. The molecule has 1 amide bonds. The number of nitrogens with one attached hydrogen (secondary N) is 3. The van der Waals surface area contributed by atoms with Gasteiger partial charge >= 0.3 is 0 Å². The lowest BCUT2D eigenvalue weighted by atomic mass is 10.1. The van der Waals surface area contributed by atoms with Crippen LogP contribution in [0.2, 0.25) is 0 Å². The Kier molecular flexibility index (Phi) is 9.14. The molecule has 3 N–H and O–H groups in total. The number of nitrogens with zero attached hydrogens (tertiary/aromatic N) is 1. The molecule has 22 heavy (non-hydrogen) atoms. The topological polar surface area (TPSA) is 65.5 Å². The molecule has 5 nitrogen and oxygen atoms in total. The Balaban J connectivity index is 2.35. The third kappa shape index (κ3) is 6.85. The molecule has 0 aliphatic rings. The number of unbranched alkanes of at least 4 members (excludes halogenated alkanes) is 1. The minimum atomic E-state index is -0.0674. The van der Waals surface area contributed by atoms with Gasteiger partial charge in [-0.15, -0.1) is 0 Å². The fourth-order valence-electron chi connectivity index (χ4n) is 1.90. The van der Waals surface area contributed by atoms with E-state index in [2.05, 4.69) is 27.2 Å². The molecule has 6 heteroatoms. The summed E-state index contributed by atoms with van der Waals surface area (Å²) in [6, 6.07) is 7.55. The van der Waals surface area contributed by atoms with Crippen LogP contribution in [0, 0.1) is 0 Å². The lowest BCUT2D eigenvalue weighted by Gasteiger charge is -2.12. The molecule has 0 bridgehead atoms. The van der Waals surface area contributed by atoms with Crippen molar-refractivity contribution in [2.75, 3.05) is 32.6 Å². The summed E-state index contributed by atoms with van der Waals surface area (Å²) in [4.78, 5) is 15.7. The summed E-state index contributed by atoms with van der Waals surface area (Å²) in [5.74, 6) is 1.94. The van der Waals surface area contributed by atoms with E-state index in [1.807, 2.05) is 36.0 Å². The van der Waals surface area contributed by atoms with Crippen molar-refractivity contribution in [1.29, 1.82) is 0 Å². The van der Waals surface area contributed by atoms with Crippen molar-refractivity contribution in [1.82, 2.24) is 16.0 Å². The Hall–Kier alpha value is -1.69. The highest BCUT2D eigenvalue weighted by molar-refractivity contribution is 7.98. The van der Waals surface area contributed by atoms with Gasteiger partial charge in [0.15, 0.2) is 5.96 Å². The maximum Gasteiger partial charge on any atom is 0.251 e. The van der Waals surface area contributed by atoms with Gasteiger partial charge in [-0.3, -0.25) is 9.79 Å². The smallest absolute Gasteiger partial charge is 0.251 e. The molecule has 0 unspecified atom stereocenters. The average molecular weight is 322 g/mol. The molecule has 0 fully saturated rings. The number of amides is 1. The zero-order valence-electron chi connectivity index (χ0n) is 13.6. The highest BCUT2D eigenvalue weighted by Gasteiger charge is 2.03. The summed E-state index contributed by atoms with van der Waals surface area (Å²) in [6.07, 6.45) is 4.48. The zero-order chi connectivity index (χ0) is 16.2. The van der Waals surface area contributed by atoms with Crippen LogP contribution in [-0.2, 0) is 6.54 Å². The number of hydrogen-bond acceptors (Lipinski definition) is 3. The Labute approximate surface area is 137 Å². The number of rotatable bonds is 8. The average Bonchev–Trinajstić information content (AvgIpc) is 2.57. The minimum Gasteiger partial charge on any atom is -0.356 e. The molecular formula is C16H26N4OS. The molecule has 0 aromatic heterocycles. The van der Waals surface area contributed by atoms with E-state index >= 15 is 0 Å². The molecule has 0 heterocycles. The number of carbonyl (C=O) groups excluding carboxylic acids is 1. The fraction of sp³-hybridized carbons (Fsp3) is 0.500. The van der Waals surface area contributed by atoms with Crippen molar-refractivity contribution in [2.24, 2.45) is 4.99 Å². The molecule has 1 rings (SSSR count). The summed E-state index contributed by atoms with van der Waals surface area (Å²) in [6.45, 7) is 1.61. The van der Waals surface area contributed by atoms with Crippen molar-refractivity contribution >= 4 is 23.6 Å². The Morgan fingerprint density at radius 3 is 2.50 bits per heavy atom. The van der Waals surface area contributed by atoms with Gasteiger partial charge in [0, 0.05) is 32.7 Å². The summed E-state index contributed by atoms with van der Waals surface area (Å²) in [5.41, 5.74) is 1.78. The highest BCUT2D eigenvalue weighted by atomic mass is 32.2. The predicted octanol–water partition coefficient (Wildman–Crippen LogP) is 1.85. The SMILES string of the molecule is CN=C(NCCCCSC)NCc1ccc(C(=O)NC)cc1. The van der Waals surface area contributed by atoms with Gasteiger partial charge in [-0.1, -0.05) is 12.1 Å². The fourth-order valence-corrected chi connectivity index (χ4v) is 2.40. The Bertz CT molecular complexity index is 474. The van der Waals surface area contributed by atoms with Gasteiger partial charge in [0.05, 0.1) is 0 Å². The number of guanidine groups is 1. The Morgan fingerprint density at radius 1 is 1.18 bits per heavy atom. The van der Waals surface area contributed by atoms with Gasteiger partial charge in [0.1, 0.15) is 0 Å². The lowest BCUT2D eigenvalue weighted by molar-refractivity contribution is 0.0963. The van der Waals surface area contributed by atoms with Crippen molar-refractivity contribution in [3.63, 3.8) is 0 Å². The number of hydrogen-bond donors (Lipinski definition) is 3. The molecule has 122 valence electrons. The number of thioether (sulfide) groups is 1. The van der Waals surface area contributed by atoms with Gasteiger partial charge in [-0.2, -0.15) is 11.8 Å². The van der Waals surface area contributed by atoms with Gasteiger partial charge in [0.25, 0.3) is 5.91 Å². The zero-order valence-corrected chi connectivity index (χ0v) is 14.4. The molecule has 0 aliphatic carbocycles. The number of benzene rings is 1. The molecule has 0 saturated heterocycles. The van der Waals surface area contributed by atoms with Crippen LogP contribution in [0.3, 0.4) is 0 Å². The summed E-state index contributed by atoms with van der Waals surface area (Å²) < 4.78 is 0. The van der Waals surface area contributed by atoms with Gasteiger partial charge in [-0.25, -0.2) is 0 Å². The third-order valence-electron chi connectivity index (χ3n) is 3.19. The van der Waals surface area contributed by atoms with Crippen LogP contribution in [0.15, 0.2) is 29.3 Å². The molecule has 0 radical (unpaired) electrons. The van der Waals surface area contributed by atoms with Crippen LogP contribution in [0.1, 0.15) is 28.8 Å². The first-order valence-corrected chi connectivity index (χ1v) is 8.85.